The Hall–Kier alpha value is -2.52. The summed E-state index contributed by atoms with van der Waals surface area (Å²) in [4.78, 5) is 25.0. The van der Waals surface area contributed by atoms with Crippen LogP contribution in [-0.2, 0) is 9.59 Å². The molecule has 2 rings (SSSR count). The van der Waals surface area contributed by atoms with E-state index in [0.29, 0.717) is 28.0 Å². The molecular formula is C18H19F3N3O2S+. The summed E-state index contributed by atoms with van der Waals surface area (Å²) >= 11 is 0.349. The SMILES string of the molecule is C[NH+](CC(=O)Nc1cccc(F)c1)CC(=O)Nc1ccccc1SC(F)F. The lowest BCUT2D eigenvalue weighted by atomic mass is 10.3. The number of halogens is 3. The lowest BCUT2D eigenvalue weighted by Gasteiger charge is -2.15. The fraction of sp³-hybridized carbons (Fsp3) is 0.222. The first kappa shape index (κ1) is 20.8. The zero-order valence-corrected chi connectivity index (χ0v) is 15.3. The summed E-state index contributed by atoms with van der Waals surface area (Å²) in [5, 5.41) is 5.13. The van der Waals surface area contributed by atoms with Crippen LogP contribution >= 0.6 is 11.8 Å². The van der Waals surface area contributed by atoms with Gasteiger partial charge in [-0.2, -0.15) is 8.78 Å². The van der Waals surface area contributed by atoms with Gasteiger partial charge in [0.1, 0.15) is 5.82 Å². The lowest BCUT2D eigenvalue weighted by Crippen LogP contribution is -3.11. The van der Waals surface area contributed by atoms with E-state index in [9.17, 15) is 22.8 Å². The molecule has 0 saturated carbocycles. The molecule has 27 heavy (non-hydrogen) atoms. The number of thioether (sulfide) groups is 1. The van der Waals surface area contributed by atoms with E-state index in [1.165, 1.54) is 30.3 Å². The summed E-state index contributed by atoms with van der Waals surface area (Å²) in [5.41, 5.74) is 0.625. The molecule has 3 N–H and O–H groups in total. The van der Waals surface area contributed by atoms with E-state index in [2.05, 4.69) is 10.6 Å². The first-order valence-corrected chi connectivity index (χ1v) is 8.92. The number of para-hydroxylation sites is 1. The number of rotatable bonds is 8. The smallest absolute Gasteiger partial charge is 0.288 e. The predicted molar refractivity (Wildman–Crippen MR) is 98.6 cm³/mol. The van der Waals surface area contributed by atoms with Gasteiger partial charge < -0.3 is 15.5 Å². The van der Waals surface area contributed by atoms with Crippen molar-refractivity contribution in [1.29, 1.82) is 0 Å². The summed E-state index contributed by atoms with van der Waals surface area (Å²) in [5.74, 6) is -3.84. The molecule has 2 amide bonds. The number of hydrogen-bond donors (Lipinski definition) is 3. The van der Waals surface area contributed by atoms with E-state index in [1.807, 2.05) is 0 Å². The van der Waals surface area contributed by atoms with Gasteiger partial charge in [0.25, 0.3) is 17.6 Å². The second-order valence-corrected chi connectivity index (χ2v) is 6.82. The second kappa shape index (κ2) is 9.98. The third kappa shape index (κ3) is 7.32. The Labute approximate surface area is 158 Å². The average molecular weight is 398 g/mol. The zero-order chi connectivity index (χ0) is 19.8. The van der Waals surface area contributed by atoms with Crippen molar-refractivity contribution in [3.8, 4) is 0 Å². The molecule has 1 unspecified atom stereocenters. The standard InChI is InChI=1S/C18H18F3N3O2S/c1-24(10-16(25)22-13-6-4-5-12(19)9-13)11-17(26)23-14-7-2-3-8-15(14)27-18(20)21/h2-9,18H,10-11H2,1H3,(H,22,25)(H,23,26)/p+1. The highest BCUT2D eigenvalue weighted by molar-refractivity contribution is 7.99. The van der Waals surface area contributed by atoms with Crippen LogP contribution in [0.4, 0.5) is 24.5 Å². The summed E-state index contributed by atoms with van der Waals surface area (Å²) in [6, 6.07) is 11.8. The van der Waals surface area contributed by atoms with Crippen molar-refractivity contribution in [2.75, 3.05) is 30.8 Å². The van der Waals surface area contributed by atoms with Crippen LogP contribution in [-0.4, -0.2) is 37.7 Å². The number of quaternary nitrogens is 1. The van der Waals surface area contributed by atoms with Gasteiger partial charge in [0, 0.05) is 10.6 Å². The Bertz CT molecular complexity index is 805. The maximum absolute atomic E-state index is 13.1. The molecular weight excluding hydrogens is 379 g/mol. The van der Waals surface area contributed by atoms with E-state index in [4.69, 9.17) is 0 Å². The molecule has 1 atom stereocenters. The Morgan fingerprint density at radius 3 is 2.37 bits per heavy atom. The van der Waals surface area contributed by atoms with Crippen molar-refractivity contribution in [2.24, 2.45) is 0 Å². The first-order chi connectivity index (χ1) is 12.8. The molecule has 2 aromatic carbocycles. The zero-order valence-electron chi connectivity index (χ0n) is 14.5. The van der Waals surface area contributed by atoms with E-state index in [1.54, 1.807) is 25.2 Å². The topological polar surface area (TPSA) is 62.6 Å². The minimum atomic E-state index is -2.59. The number of alkyl halides is 2. The first-order valence-electron chi connectivity index (χ1n) is 8.04. The third-order valence-electron chi connectivity index (χ3n) is 3.41. The number of likely N-dealkylation sites (N-methyl/N-ethyl adjacent to an activating group) is 1. The molecule has 0 saturated heterocycles. The molecule has 0 bridgehead atoms. The van der Waals surface area contributed by atoms with Crippen LogP contribution in [0.5, 0.6) is 0 Å². The van der Waals surface area contributed by atoms with Gasteiger partial charge in [-0.15, -0.1) is 0 Å². The van der Waals surface area contributed by atoms with Crippen molar-refractivity contribution in [3.63, 3.8) is 0 Å². The molecule has 0 aliphatic carbocycles. The van der Waals surface area contributed by atoms with Crippen LogP contribution in [0.2, 0.25) is 0 Å². The Morgan fingerprint density at radius 2 is 1.70 bits per heavy atom. The minimum Gasteiger partial charge on any atom is -0.322 e. The van der Waals surface area contributed by atoms with E-state index >= 15 is 0 Å². The number of carbonyl (C=O) groups excluding carboxylic acids is 2. The Balaban J connectivity index is 1.86. The number of benzene rings is 2. The molecule has 0 fully saturated rings. The van der Waals surface area contributed by atoms with Crippen molar-refractivity contribution in [1.82, 2.24) is 0 Å². The van der Waals surface area contributed by atoms with Gasteiger partial charge in [0.05, 0.1) is 12.7 Å². The highest BCUT2D eigenvalue weighted by Crippen LogP contribution is 2.31. The van der Waals surface area contributed by atoms with Crippen LogP contribution in [0.25, 0.3) is 0 Å². The van der Waals surface area contributed by atoms with Gasteiger partial charge in [-0.05, 0) is 30.3 Å². The Morgan fingerprint density at radius 1 is 1.04 bits per heavy atom. The van der Waals surface area contributed by atoms with Crippen molar-refractivity contribution in [2.45, 2.75) is 10.7 Å². The summed E-state index contributed by atoms with van der Waals surface area (Å²) < 4.78 is 38.3. The third-order valence-corrected chi connectivity index (χ3v) is 4.20. The van der Waals surface area contributed by atoms with Gasteiger partial charge in [-0.1, -0.05) is 30.0 Å². The number of amides is 2. The molecule has 5 nitrogen and oxygen atoms in total. The molecule has 9 heteroatoms. The molecule has 2 aromatic rings. The molecule has 0 aromatic heterocycles. The molecule has 0 spiro atoms. The molecule has 0 heterocycles. The average Bonchev–Trinajstić information content (AvgIpc) is 2.55. The van der Waals surface area contributed by atoms with E-state index < -0.39 is 17.5 Å². The molecule has 0 aliphatic heterocycles. The summed E-state index contributed by atoms with van der Waals surface area (Å²) in [6.07, 6.45) is 0. The quantitative estimate of drug-likeness (QED) is 0.598. The highest BCUT2D eigenvalue weighted by atomic mass is 32.2. The normalized spacial score (nSPS) is 11.9. The number of carbonyl (C=O) groups is 2. The summed E-state index contributed by atoms with van der Waals surface area (Å²) in [6.45, 7) is -0.0540. The minimum absolute atomic E-state index is 0.0165. The van der Waals surface area contributed by atoms with Crippen LogP contribution in [0, 0.1) is 5.82 Å². The molecule has 144 valence electrons. The van der Waals surface area contributed by atoms with Crippen LogP contribution in [0.15, 0.2) is 53.4 Å². The lowest BCUT2D eigenvalue weighted by molar-refractivity contribution is -0.862. The Kier molecular flexibility index (Phi) is 7.68. The van der Waals surface area contributed by atoms with Crippen LogP contribution < -0.4 is 15.5 Å². The van der Waals surface area contributed by atoms with Crippen LogP contribution in [0.1, 0.15) is 0 Å². The van der Waals surface area contributed by atoms with Crippen LogP contribution in [0.3, 0.4) is 0 Å². The maximum atomic E-state index is 13.1. The van der Waals surface area contributed by atoms with Gasteiger partial charge in [0.15, 0.2) is 13.1 Å². The highest BCUT2D eigenvalue weighted by Gasteiger charge is 2.17. The fourth-order valence-electron chi connectivity index (χ4n) is 2.35. The van der Waals surface area contributed by atoms with Gasteiger partial charge in [0.2, 0.25) is 0 Å². The number of nitrogens with one attached hydrogen (secondary N) is 3. The second-order valence-electron chi connectivity index (χ2n) is 5.79. The number of anilines is 2. The van der Waals surface area contributed by atoms with Gasteiger partial charge in [-0.3, -0.25) is 9.59 Å². The predicted octanol–water partition coefficient (Wildman–Crippen LogP) is 2.23. The van der Waals surface area contributed by atoms with Crippen molar-refractivity contribution in [3.05, 3.63) is 54.3 Å². The van der Waals surface area contributed by atoms with Gasteiger partial charge in [-0.25, -0.2) is 4.39 Å². The van der Waals surface area contributed by atoms with Crippen molar-refractivity contribution >= 4 is 35.0 Å². The molecule has 0 aliphatic rings. The fourth-order valence-corrected chi connectivity index (χ4v) is 2.94. The number of hydrogen-bond acceptors (Lipinski definition) is 3. The molecule has 0 radical (unpaired) electrons. The maximum Gasteiger partial charge on any atom is 0.288 e. The summed E-state index contributed by atoms with van der Waals surface area (Å²) in [7, 11) is 1.64. The van der Waals surface area contributed by atoms with E-state index in [0.717, 1.165) is 0 Å². The monoisotopic (exact) mass is 398 g/mol. The van der Waals surface area contributed by atoms with Crippen molar-refractivity contribution < 1.29 is 27.7 Å². The van der Waals surface area contributed by atoms with Gasteiger partial charge >= 0.3 is 0 Å². The largest absolute Gasteiger partial charge is 0.322 e. The van der Waals surface area contributed by atoms with E-state index in [-0.39, 0.29) is 23.9 Å².